The minimum absolute atomic E-state index is 0.000649. The Labute approximate surface area is 95.4 Å². The molecule has 1 aromatic heterocycles. The molecule has 1 heterocycles. The molecule has 7 heteroatoms. The van der Waals surface area contributed by atoms with E-state index in [0.717, 1.165) is 7.11 Å². The van der Waals surface area contributed by atoms with Crippen LogP contribution in [0.25, 0.3) is 0 Å². The fourth-order valence-corrected chi connectivity index (χ4v) is 1.35. The molecule has 0 unspecified atom stereocenters. The van der Waals surface area contributed by atoms with Gasteiger partial charge in [-0.1, -0.05) is 11.6 Å². The van der Waals surface area contributed by atoms with E-state index in [1.807, 2.05) is 0 Å². The third-order valence-electron chi connectivity index (χ3n) is 1.91. The van der Waals surface area contributed by atoms with Crippen molar-refractivity contribution in [3.05, 3.63) is 28.0 Å². The van der Waals surface area contributed by atoms with Gasteiger partial charge in [-0.25, -0.2) is 18.6 Å². The zero-order valence-corrected chi connectivity index (χ0v) is 9.09. The smallest absolute Gasteiger partial charge is 0.339 e. The largest absolute Gasteiger partial charge is 0.465 e. The number of carbonyl (C=O) groups excluding carboxylic acids is 1. The summed E-state index contributed by atoms with van der Waals surface area (Å²) in [5.74, 6) is -0.894. The number of rotatable bonds is 3. The van der Waals surface area contributed by atoms with Crippen molar-refractivity contribution in [2.75, 3.05) is 7.11 Å². The molecule has 4 nitrogen and oxygen atoms in total. The molecule has 0 aliphatic rings. The van der Waals surface area contributed by atoms with E-state index in [1.54, 1.807) is 0 Å². The Bertz CT molecular complexity index is 413. The summed E-state index contributed by atoms with van der Waals surface area (Å²) >= 11 is 5.62. The van der Waals surface area contributed by atoms with Crippen LogP contribution in [0.5, 0.6) is 0 Å². The first-order valence-electron chi connectivity index (χ1n) is 4.27. The topological polar surface area (TPSA) is 65.2 Å². The van der Waals surface area contributed by atoms with Gasteiger partial charge in [-0.15, -0.1) is 0 Å². The number of methoxy groups -OCH3 is 1. The number of carbonyl (C=O) groups is 1. The summed E-state index contributed by atoms with van der Waals surface area (Å²) in [6, 6.07) is 1.17. The highest BCUT2D eigenvalue weighted by atomic mass is 35.5. The number of halogens is 3. The maximum Gasteiger partial charge on any atom is 0.339 e. The Morgan fingerprint density at radius 3 is 2.75 bits per heavy atom. The number of nitrogens with two attached hydrogens (primary N) is 1. The van der Waals surface area contributed by atoms with E-state index < -0.39 is 18.1 Å². The monoisotopic (exact) mass is 250 g/mol. The van der Waals surface area contributed by atoms with Crippen molar-refractivity contribution in [2.45, 2.75) is 13.0 Å². The summed E-state index contributed by atoms with van der Waals surface area (Å²) in [4.78, 5) is 14.7. The van der Waals surface area contributed by atoms with Crippen LogP contribution in [0.4, 0.5) is 8.78 Å². The molecule has 0 radical (unpaired) electrons. The lowest BCUT2D eigenvalue weighted by Gasteiger charge is -2.09. The van der Waals surface area contributed by atoms with Gasteiger partial charge in [-0.2, -0.15) is 0 Å². The van der Waals surface area contributed by atoms with Crippen LogP contribution in [0, 0.1) is 0 Å². The third-order valence-corrected chi connectivity index (χ3v) is 2.24. The Balaban J connectivity index is 3.36. The number of esters is 1. The van der Waals surface area contributed by atoms with Crippen LogP contribution in [-0.4, -0.2) is 18.1 Å². The van der Waals surface area contributed by atoms with Gasteiger partial charge in [0.1, 0.15) is 10.8 Å². The lowest BCUT2D eigenvalue weighted by molar-refractivity contribution is 0.0587. The third kappa shape index (κ3) is 2.45. The fourth-order valence-electron chi connectivity index (χ4n) is 1.13. The van der Waals surface area contributed by atoms with Crippen LogP contribution >= 0.6 is 11.6 Å². The molecule has 0 fully saturated rings. The average Bonchev–Trinajstić information content (AvgIpc) is 2.27. The highest BCUT2D eigenvalue weighted by molar-refractivity contribution is 6.30. The zero-order valence-electron chi connectivity index (χ0n) is 8.34. The van der Waals surface area contributed by atoms with Gasteiger partial charge in [0, 0.05) is 12.1 Å². The van der Waals surface area contributed by atoms with Crippen LogP contribution in [0.1, 0.15) is 28.0 Å². The average molecular weight is 251 g/mol. The second-order valence-corrected chi connectivity index (χ2v) is 3.23. The molecule has 16 heavy (non-hydrogen) atoms. The van der Waals surface area contributed by atoms with Gasteiger partial charge < -0.3 is 10.5 Å². The van der Waals surface area contributed by atoms with Crippen molar-refractivity contribution in [1.29, 1.82) is 0 Å². The molecule has 0 aromatic carbocycles. The molecule has 0 amide bonds. The number of nitrogens with zero attached hydrogens (tertiary/aromatic N) is 1. The van der Waals surface area contributed by atoms with E-state index >= 15 is 0 Å². The van der Waals surface area contributed by atoms with Crippen molar-refractivity contribution in [2.24, 2.45) is 5.73 Å². The summed E-state index contributed by atoms with van der Waals surface area (Å²) in [7, 11) is 1.09. The quantitative estimate of drug-likeness (QED) is 0.657. The van der Waals surface area contributed by atoms with E-state index in [4.69, 9.17) is 17.3 Å². The highest BCUT2D eigenvalue weighted by Crippen LogP contribution is 2.26. The van der Waals surface area contributed by atoms with Crippen LogP contribution in [0.15, 0.2) is 6.07 Å². The summed E-state index contributed by atoms with van der Waals surface area (Å²) in [6.07, 6.45) is -2.90. The molecule has 0 aliphatic heterocycles. The van der Waals surface area contributed by atoms with Crippen molar-refractivity contribution in [3.63, 3.8) is 0 Å². The normalized spacial score (nSPS) is 10.6. The Kier molecular flexibility index (Phi) is 4.14. The van der Waals surface area contributed by atoms with Crippen molar-refractivity contribution in [3.8, 4) is 0 Å². The van der Waals surface area contributed by atoms with E-state index in [9.17, 15) is 13.6 Å². The van der Waals surface area contributed by atoms with Crippen LogP contribution in [-0.2, 0) is 11.3 Å². The van der Waals surface area contributed by atoms with Gasteiger partial charge >= 0.3 is 5.97 Å². The minimum atomic E-state index is -2.90. The van der Waals surface area contributed by atoms with Crippen molar-refractivity contribution in [1.82, 2.24) is 4.98 Å². The molecule has 0 atom stereocenters. The highest BCUT2D eigenvalue weighted by Gasteiger charge is 2.22. The molecule has 0 saturated carbocycles. The van der Waals surface area contributed by atoms with E-state index in [-0.39, 0.29) is 17.3 Å². The molecule has 0 aliphatic carbocycles. The van der Waals surface area contributed by atoms with E-state index in [0.29, 0.717) is 5.56 Å². The number of alkyl halides is 2. The lowest BCUT2D eigenvalue weighted by Crippen LogP contribution is -2.11. The fraction of sp³-hybridized carbons (Fsp3) is 0.333. The van der Waals surface area contributed by atoms with Crippen LogP contribution in [0.3, 0.4) is 0 Å². The van der Waals surface area contributed by atoms with Crippen LogP contribution in [0.2, 0.25) is 5.15 Å². The maximum atomic E-state index is 12.6. The summed E-state index contributed by atoms with van der Waals surface area (Å²) in [6.45, 7) is -0.000649. The zero-order chi connectivity index (χ0) is 12.3. The Morgan fingerprint density at radius 2 is 2.31 bits per heavy atom. The molecule has 88 valence electrons. The summed E-state index contributed by atoms with van der Waals surface area (Å²) in [5.41, 5.74) is 4.62. The van der Waals surface area contributed by atoms with Gasteiger partial charge in [0.05, 0.1) is 12.7 Å². The second-order valence-electron chi connectivity index (χ2n) is 2.87. The van der Waals surface area contributed by atoms with Crippen molar-refractivity contribution < 1.29 is 18.3 Å². The number of ether oxygens (including phenoxy) is 1. The van der Waals surface area contributed by atoms with Gasteiger partial charge in [0.2, 0.25) is 0 Å². The van der Waals surface area contributed by atoms with E-state index in [2.05, 4.69) is 9.72 Å². The minimum Gasteiger partial charge on any atom is -0.465 e. The predicted octanol–water partition coefficient (Wildman–Crippen LogP) is 1.92. The molecule has 0 saturated heterocycles. The Hall–Kier alpha value is -1.27. The first kappa shape index (κ1) is 12.8. The van der Waals surface area contributed by atoms with Gasteiger partial charge in [0.25, 0.3) is 6.43 Å². The number of hydrogen-bond acceptors (Lipinski definition) is 4. The molecule has 1 aromatic rings. The molecule has 0 bridgehead atoms. The first-order valence-corrected chi connectivity index (χ1v) is 4.64. The van der Waals surface area contributed by atoms with Gasteiger partial charge in [-0.3, -0.25) is 0 Å². The Morgan fingerprint density at radius 1 is 1.69 bits per heavy atom. The second kappa shape index (κ2) is 5.18. The van der Waals surface area contributed by atoms with Crippen molar-refractivity contribution >= 4 is 17.6 Å². The van der Waals surface area contributed by atoms with Crippen LogP contribution < -0.4 is 5.73 Å². The summed E-state index contributed by atoms with van der Waals surface area (Å²) in [5, 5.41) is -0.134. The SMILES string of the molecule is COC(=O)c1cc(CN)c(Cl)nc1C(F)F. The number of aromatic nitrogens is 1. The standard InChI is InChI=1S/C9H9ClF2N2O2/c1-16-9(15)5-2-4(3-13)7(10)14-6(5)8(11)12/h2,8H,3,13H2,1H3. The maximum absolute atomic E-state index is 12.6. The molecular formula is C9H9ClF2N2O2. The summed E-state index contributed by atoms with van der Waals surface area (Å²) < 4.78 is 29.5. The molecule has 2 N–H and O–H groups in total. The predicted molar refractivity (Wildman–Crippen MR) is 53.4 cm³/mol. The number of hydrogen-bond donors (Lipinski definition) is 1. The molecule has 0 spiro atoms. The first-order chi connectivity index (χ1) is 7.51. The van der Waals surface area contributed by atoms with Gasteiger partial charge in [-0.05, 0) is 6.07 Å². The van der Waals surface area contributed by atoms with Gasteiger partial charge in [0.15, 0.2) is 0 Å². The molecule has 1 rings (SSSR count). The molecular weight excluding hydrogens is 242 g/mol. The lowest BCUT2D eigenvalue weighted by atomic mass is 10.1. The number of pyridine rings is 1. The van der Waals surface area contributed by atoms with E-state index in [1.165, 1.54) is 6.07 Å².